The van der Waals surface area contributed by atoms with Gasteiger partial charge >= 0.3 is 6.18 Å². The van der Waals surface area contributed by atoms with Crippen LogP contribution in [0.15, 0.2) is 24.3 Å². The Morgan fingerprint density at radius 2 is 1.92 bits per heavy atom. The van der Waals surface area contributed by atoms with E-state index < -0.39 is 12.1 Å². The van der Waals surface area contributed by atoms with Crippen LogP contribution in [0.5, 0.6) is 0 Å². The second-order valence-corrected chi connectivity index (χ2v) is 3.25. The van der Waals surface area contributed by atoms with Crippen LogP contribution in [0, 0.1) is 0 Å². The minimum atomic E-state index is -4.20. The van der Waals surface area contributed by atoms with Crippen LogP contribution in [0.3, 0.4) is 0 Å². The molecule has 0 saturated heterocycles. The van der Waals surface area contributed by atoms with Crippen molar-refractivity contribution < 1.29 is 13.2 Å². The second-order valence-electron chi connectivity index (χ2n) is 2.82. The van der Waals surface area contributed by atoms with Gasteiger partial charge < -0.3 is 0 Å². The molecule has 1 rings (SSSR count). The molecule has 0 aliphatic rings. The summed E-state index contributed by atoms with van der Waals surface area (Å²) < 4.78 is 36.7. The Morgan fingerprint density at radius 3 is 2.38 bits per heavy atom. The lowest BCUT2D eigenvalue weighted by Gasteiger charge is -2.15. The molecule has 0 nitrogen and oxygen atoms in total. The normalized spacial score (nSPS) is 14.2. The molecule has 72 valence electrons. The van der Waals surface area contributed by atoms with Crippen LogP contribution in [-0.4, -0.2) is 6.18 Å². The summed E-state index contributed by atoms with van der Waals surface area (Å²) in [5.41, 5.74) is 0.194. The molecule has 0 saturated carbocycles. The zero-order valence-corrected chi connectivity index (χ0v) is 7.65. The standard InChI is InChI=1S/C9H8ClF3/c1-6(9(11,12)13)7-3-2-4-8(10)5-7/h2-6H,1H3/t6-/m0/s1. The van der Waals surface area contributed by atoms with E-state index in [1.165, 1.54) is 18.2 Å². The Labute approximate surface area is 79.3 Å². The van der Waals surface area contributed by atoms with Crippen molar-refractivity contribution in [3.8, 4) is 0 Å². The number of benzene rings is 1. The zero-order chi connectivity index (χ0) is 10.1. The predicted octanol–water partition coefficient (Wildman–Crippen LogP) is 4.01. The van der Waals surface area contributed by atoms with Crippen LogP contribution < -0.4 is 0 Å². The molecule has 0 bridgehead atoms. The average Bonchev–Trinajstić information content (AvgIpc) is 2.01. The minimum Gasteiger partial charge on any atom is -0.170 e. The molecule has 0 unspecified atom stereocenters. The number of hydrogen-bond acceptors (Lipinski definition) is 0. The fourth-order valence-electron chi connectivity index (χ4n) is 0.965. The summed E-state index contributed by atoms with van der Waals surface area (Å²) in [5, 5.41) is 0.327. The lowest BCUT2D eigenvalue weighted by atomic mass is 10.0. The molecule has 13 heavy (non-hydrogen) atoms. The first-order valence-corrected chi connectivity index (χ1v) is 4.11. The van der Waals surface area contributed by atoms with Crippen LogP contribution in [0.2, 0.25) is 5.02 Å². The summed E-state index contributed by atoms with van der Waals surface area (Å²) in [5.74, 6) is -1.47. The third-order valence-electron chi connectivity index (χ3n) is 1.84. The smallest absolute Gasteiger partial charge is 0.170 e. The van der Waals surface area contributed by atoms with Gasteiger partial charge in [0.15, 0.2) is 0 Å². The van der Waals surface area contributed by atoms with E-state index in [1.807, 2.05) is 0 Å². The van der Waals surface area contributed by atoms with Gasteiger partial charge in [-0.15, -0.1) is 0 Å². The van der Waals surface area contributed by atoms with Crippen LogP contribution in [-0.2, 0) is 0 Å². The van der Waals surface area contributed by atoms with E-state index in [1.54, 1.807) is 6.07 Å². The van der Waals surface area contributed by atoms with Crippen molar-refractivity contribution in [3.05, 3.63) is 34.9 Å². The largest absolute Gasteiger partial charge is 0.395 e. The second kappa shape index (κ2) is 3.58. The summed E-state index contributed by atoms with van der Waals surface area (Å²) in [6.07, 6.45) is -4.20. The molecule has 0 aromatic heterocycles. The third kappa shape index (κ3) is 2.62. The first-order valence-electron chi connectivity index (χ1n) is 3.73. The van der Waals surface area contributed by atoms with Crippen LogP contribution >= 0.6 is 11.6 Å². The Hall–Kier alpha value is -0.700. The van der Waals surface area contributed by atoms with Crippen molar-refractivity contribution in [1.82, 2.24) is 0 Å². The fraction of sp³-hybridized carbons (Fsp3) is 0.333. The maximum atomic E-state index is 12.2. The van der Waals surface area contributed by atoms with Gasteiger partial charge in [-0.1, -0.05) is 23.7 Å². The monoisotopic (exact) mass is 208 g/mol. The van der Waals surface area contributed by atoms with Crippen molar-refractivity contribution in [3.63, 3.8) is 0 Å². The maximum absolute atomic E-state index is 12.2. The van der Waals surface area contributed by atoms with Gasteiger partial charge in [-0.2, -0.15) is 13.2 Å². The molecular formula is C9H8ClF3. The van der Waals surface area contributed by atoms with Gasteiger partial charge in [0, 0.05) is 5.02 Å². The maximum Gasteiger partial charge on any atom is 0.395 e. The molecule has 1 aromatic rings. The van der Waals surface area contributed by atoms with Gasteiger partial charge in [-0.3, -0.25) is 0 Å². The number of alkyl halides is 3. The summed E-state index contributed by atoms with van der Waals surface area (Å²) in [6.45, 7) is 1.12. The van der Waals surface area contributed by atoms with E-state index in [0.29, 0.717) is 5.02 Å². The lowest BCUT2D eigenvalue weighted by Crippen LogP contribution is -2.17. The molecule has 0 spiro atoms. The van der Waals surface area contributed by atoms with Crippen molar-refractivity contribution >= 4 is 11.6 Å². The van der Waals surface area contributed by atoms with Gasteiger partial charge in [0.05, 0.1) is 5.92 Å². The van der Waals surface area contributed by atoms with E-state index >= 15 is 0 Å². The Bertz CT molecular complexity index is 293. The first-order chi connectivity index (χ1) is 5.91. The van der Waals surface area contributed by atoms with Crippen molar-refractivity contribution in [2.24, 2.45) is 0 Å². The number of rotatable bonds is 1. The van der Waals surface area contributed by atoms with Gasteiger partial charge in [0.2, 0.25) is 0 Å². The highest BCUT2D eigenvalue weighted by Gasteiger charge is 2.36. The zero-order valence-electron chi connectivity index (χ0n) is 6.90. The molecule has 0 amide bonds. The van der Waals surface area contributed by atoms with E-state index in [9.17, 15) is 13.2 Å². The topological polar surface area (TPSA) is 0 Å². The first kappa shape index (κ1) is 10.4. The van der Waals surface area contributed by atoms with Crippen LogP contribution in [0.4, 0.5) is 13.2 Å². The highest BCUT2D eigenvalue weighted by molar-refractivity contribution is 6.30. The van der Waals surface area contributed by atoms with E-state index in [2.05, 4.69) is 0 Å². The molecule has 0 radical (unpaired) electrons. The molecule has 4 heteroatoms. The summed E-state index contributed by atoms with van der Waals surface area (Å²) in [4.78, 5) is 0. The minimum absolute atomic E-state index is 0.194. The molecule has 0 fully saturated rings. The van der Waals surface area contributed by atoms with Gasteiger partial charge in [-0.05, 0) is 24.6 Å². The third-order valence-corrected chi connectivity index (χ3v) is 2.07. The lowest BCUT2D eigenvalue weighted by molar-refractivity contribution is -0.146. The quantitative estimate of drug-likeness (QED) is 0.654. The van der Waals surface area contributed by atoms with Crippen LogP contribution in [0.1, 0.15) is 18.4 Å². The molecule has 0 aliphatic heterocycles. The van der Waals surface area contributed by atoms with Crippen molar-refractivity contribution in [2.45, 2.75) is 19.0 Å². The molecule has 1 atom stereocenters. The Morgan fingerprint density at radius 1 is 1.31 bits per heavy atom. The Kier molecular flexibility index (Phi) is 2.86. The van der Waals surface area contributed by atoms with Gasteiger partial charge in [0.25, 0.3) is 0 Å². The van der Waals surface area contributed by atoms with E-state index in [0.717, 1.165) is 6.92 Å². The SMILES string of the molecule is C[C@@H](c1cccc(Cl)c1)C(F)(F)F. The van der Waals surface area contributed by atoms with Crippen molar-refractivity contribution in [1.29, 1.82) is 0 Å². The molecular weight excluding hydrogens is 201 g/mol. The van der Waals surface area contributed by atoms with Crippen LogP contribution in [0.25, 0.3) is 0 Å². The predicted molar refractivity (Wildman–Crippen MR) is 45.9 cm³/mol. The van der Waals surface area contributed by atoms with E-state index in [4.69, 9.17) is 11.6 Å². The molecule has 0 N–H and O–H groups in total. The summed E-state index contributed by atoms with van der Waals surface area (Å²) >= 11 is 5.57. The molecule has 0 aliphatic carbocycles. The van der Waals surface area contributed by atoms with Crippen molar-refractivity contribution in [2.75, 3.05) is 0 Å². The molecule has 1 aromatic carbocycles. The average molecular weight is 209 g/mol. The number of halogens is 4. The van der Waals surface area contributed by atoms with E-state index in [-0.39, 0.29) is 5.56 Å². The Balaban J connectivity index is 2.96. The van der Waals surface area contributed by atoms with Gasteiger partial charge in [0.1, 0.15) is 0 Å². The number of hydrogen-bond donors (Lipinski definition) is 0. The molecule has 0 heterocycles. The summed E-state index contributed by atoms with van der Waals surface area (Å²) in [6, 6.07) is 5.82. The highest BCUT2D eigenvalue weighted by atomic mass is 35.5. The summed E-state index contributed by atoms with van der Waals surface area (Å²) in [7, 11) is 0. The van der Waals surface area contributed by atoms with Gasteiger partial charge in [-0.25, -0.2) is 0 Å². The highest BCUT2D eigenvalue weighted by Crippen LogP contribution is 2.34. The fourth-order valence-corrected chi connectivity index (χ4v) is 1.16.